The van der Waals surface area contributed by atoms with Gasteiger partial charge in [-0.1, -0.05) is 84.9 Å². The molecule has 25 heavy (non-hydrogen) atoms. The molecule has 0 aliphatic heterocycles. The van der Waals surface area contributed by atoms with Crippen LogP contribution in [0.15, 0.2) is 84.9 Å². The summed E-state index contributed by atoms with van der Waals surface area (Å²) in [5.41, 5.74) is 0. The number of rotatable bonds is 4. The van der Waals surface area contributed by atoms with Gasteiger partial charge in [0.2, 0.25) is 0 Å². The molecule has 3 aromatic carbocycles. The van der Waals surface area contributed by atoms with Crippen LogP contribution in [0.4, 0.5) is 0 Å². The average Bonchev–Trinajstić information content (AvgIpc) is 2.57. The molecular weight excluding hydrogens is 372 g/mol. The molecule has 0 aromatic heterocycles. The largest absolute Gasteiger partial charge is 1.00 e. The third kappa shape index (κ3) is 6.13. The second kappa shape index (κ2) is 10.5. The minimum atomic E-state index is -4.70. The SMILES string of the molecule is O=P([O-])([O-])c1ccc(P(c2ccccc2)c2ccccc2)cc1.[Na+].[Na+]. The van der Waals surface area contributed by atoms with Gasteiger partial charge in [-0.05, 0) is 36.7 Å². The summed E-state index contributed by atoms with van der Waals surface area (Å²) in [4.78, 5) is 22.3. The summed E-state index contributed by atoms with van der Waals surface area (Å²) in [6.07, 6.45) is 0. The Morgan fingerprint density at radius 3 is 1.32 bits per heavy atom. The van der Waals surface area contributed by atoms with E-state index in [1.54, 1.807) is 12.1 Å². The van der Waals surface area contributed by atoms with Crippen molar-refractivity contribution in [2.24, 2.45) is 0 Å². The Labute approximate surface area is 193 Å². The zero-order chi connectivity index (χ0) is 16.3. The molecule has 0 bridgehead atoms. The molecule has 0 aliphatic rings. The van der Waals surface area contributed by atoms with Gasteiger partial charge in [0, 0.05) is 0 Å². The Bertz CT molecular complexity index is 782. The zero-order valence-corrected chi connectivity index (χ0v) is 20.0. The van der Waals surface area contributed by atoms with E-state index in [2.05, 4.69) is 24.3 Å². The summed E-state index contributed by atoms with van der Waals surface area (Å²) < 4.78 is 11.1. The maximum atomic E-state index is 11.1. The Balaban J connectivity index is 0.00000156. The third-order valence-electron chi connectivity index (χ3n) is 3.45. The predicted octanol–water partition coefficient (Wildman–Crippen LogP) is -5.01. The first kappa shape index (κ1) is 23.3. The fourth-order valence-corrected chi connectivity index (χ4v) is 5.18. The van der Waals surface area contributed by atoms with E-state index >= 15 is 0 Å². The van der Waals surface area contributed by atoms with Crippen LogP contribution in [0.5, 0.6) is 0 Å². The van der Waals surface area contributed by atoms with E-state index in [9.17, 15) is 14.4 Å². The van der Waals surface area contributed by atoms with E-state index in [0.29, 0.717) is 0 Å². The van der Waals surface area contributed by atoms with Crippen molar-refractivity contribution < 1.29 is 73.5 Å². The normalized spacial score (nSPS) is 10.7. The minimum absolute atomic E-state index is 0. The van der Waals surface area contributed by atoms with E-state index in [0.717, 1.165) is 5.30 Å². The van der Waals surface area contributed by atoms with Gasteiger partial charge in [-0.15, -0.1) is 0 Å². The van der Waals surface area contributed by atoms with Crippen LogP contribution in [0, 0.1) is 0 Å². The van der Waals surface area contributed by atoms with Gasteiger partial charge >= 0.3 is 59.1 Å². The number of hydrogen-bond acceptors (Lipinski definition) is 3. The number of benzene rings is 3. The van der Waals surface area contributed by atoms with Crippen molar-refractivity contribution in [3.63, 3.8) is 0 Å². The van der Waals surface area contributed by atoms with Crippen molar-refractivity contribution in [3.05, 3.63) is 84.9 Å². The van der Waals surface area contributed by atoms with Crippen molar-refractivity contribution >= 4 is 36.7 Å². The minimum Gasteiger partial charge on any atom is -0.807 e. The van der Waals surface area contributed by atoms with Gasteiger partial charge in [0.1, 0.15) is 0 Å². The van der Waals surface area contributed by atoms with Gasteiger partial charge in [0.05, 0.1) is 0 Å². The monoisotopic (exact) mass is 386 g/mol. The summed E-state index contributed by atoms with van der Waals surface area (Å²) in [5, 5.41) is 3.19. The molecule has 0 N–H and O–H groups in total. The van der Waals surface area contributed by atoms with Crippen molar-refractivity contribution in [2.75, 3.05) is 0 Å². The molecule has 0 radical (unpaired) electrons. The smallest absolute Gasteiger partial charge is 0.807 e. The predicted molar refractivity (Wildman–Crippen MR) is 92.4 cm³/mol. The van der Waals surface area contributed by atoms with Crippen molar-refractivity contribution in [1.82, 2.24) is 0 Å². The molecule has 0 saturated carbocycles. The summed E-state index contributed by atoms with van der Waals surface area (Å²) in [6.45, 7) is 0. The van der Waals surface area contributed by atoms with E-state index in [1.165, 1.54) is 22.7 Å². The molecule has 0 heterocycles. The first-order valence-corrected chi connectivity index (χ1v) is 9.97. The Morgan fingerprint density at radius 1 is 0.600 bits per heavy atom. The molecule has 0 saturated heterocycles. The molecule has 0 atom stereocenters. The summed E-state index contributed by atoms with van der Waals surface area (Å²) in [7, 11) is -5.49. The fraction of sp³-hybridized carbons (Fsp3) is 0. The first-order valence-electron chi connectivity index (χ1n) is 7.08. The van der Waals surface area contributed by atoms with Crippen LogP contribution in [0.1, 0.15) is 0 Å². The molecule has 3 rings (SSSR count). The number of hydrogen-bond donors (Lipinski definition) is 0. The molecule has 0 aliphatic carbocycles. The Hall–Kier alpha value is 0.240. The summed E-state index contributed by atoms with van der Waals surface area (Å²) in [5.74, 6) is 0. The van der Waals surface area contributed by atoms with Gasteiger partial charge < -0.3 is 14.4 Å². The molecule has 0 unspecified atom stereocenters. The molecule has 0 spiro atoms. The maximum absolute atomic E-state index is 11.1. The van der Waals surface area contributed by atoms with E-state index in [-0.39, 0.29) is 64.4 Å². The third-order valence-corrected chi connectivity index (χ3v) is 6.83. The van der Waals surface area contributed by atoms with Crippen molar-refractivity contribution in [1.29, 1.82) is 0 Å². The van der Waals surface area contributed by atoms with E-state index in [1.807, 2.05) is 36.4 Å². The van der Waals surface area contributed by atoms with Crippen LogP contribution < -0.4 is 90.1 Å². The quantitative estimate of drug-likeness (QED) is 0.333. The second-order valence-corrected chi connectivity index (χ2v) is 8.75. The van der Waals surface area contributed by atoms with Crippen LogP contribution in [0.2, 0.25) is 0 Å². The molecule has 0 amide bonds. The topological polar surface area (TPSA) is 63.2 Å². The first-order chi connectivity index (χ1) is 11.1. The van der Waals surface area contributed by atoms with E-state index < -0.39 is 15.5 Å². The molecule has 7 heteroatoms. The van der Waals surface area contributed by atoms with Crippen LogP contribution in [-0.4, -0.2) is 0 Å². The van der Waals surface area contributed by atoms with Crippen molar-refractivity contribution in [2.45, 2.75) is 0 Å². The molecule has 116 valence electrons. The molecule has 0 fully saturated rings. The van der Waals surface area contributed by atoms with Crippen LogP contribution >= 0.6 is 15.5 Å². The van der Waals surface area contributed by atoms with Crippen LogP contribution in [0.25, 0.3) is 0 Å². The second-order valence-electron chi connectivity index (χ2n) is 5.02. The van der Waals surface area contributed by atoms with Gasteiger partial charge in [0.25, 0.3) is 0 Å². The van der Waals surface area contributed by atoms with Gasteiger partial charge in [-0.25, -0.2) is 0 Å². The van der Waals surface area contributed by atoms with Gasteiger partial charge in [0.15, 0.2) is 0 Å². The Kier molecular flexibility index (Phi) is 9.82. The maximum Gasteiger partial charge on any atom is 1.00 e. The molecule has 3 aromatic rings. The Morgan fingerprint density at radius 2 is 0.960 bits per heavy atom. The van der Waals surface area contributed by atoms with Crippen LogP contribution in [0.3, 0.4) is 0 Å². The van der Waals surface area contributed by atoms with Crippen LogP contribution in [-0.2, 0) is 4.57 Å². The van der Waals surface area contributed by atoms with Crippen molar-refractivity contribution in [3.8, 4) is 0 Å². The fourth-order valence-electron chi connectivity index (χ4n) is 2.39. The summed E-state index contributed by atoms with van der Waals surface area (Å²) in [6, 6.07) is 26.5. The average molecular weight is 386 g/mol. The summed E-state index contributed by atoms with van der Waals surface area (Å²) >= 11 is 0. The standard InChI is InChI=1S/C18H16O3P2.2Na/c19-23(20,21)18-13-11-17(12-14-18)22(15-7-3-1-4-8-15)16-9-5-2-6-10-16;;/h1-14H,(H2,19,20,21);;/q;2*+1/p-2. The molecule has 3 nitrogen and oxygen atoms in total. The van der Waals surface area contributed by atoms with Gasteiger partial charge in [-0.2, -0.15) is 0 Å². The zero-order valence-electron chi connectivity index (χ0n) is 14.2. The molecular formula is C18H14Na2O3P2. The van der Waals surface area contributed by atoms with Gasteiger partial charge in [-0.3, -0.25) is 0 Å². The van der Waals surface area contributed by atoms with E-state index in [4.69, 9.17) is 0 Å².